The van der Waals surface area contributed by atoms with E-state index in [1.165, 1.54) is 32.1 Å². The molecular formula is C17H26N2O2. The van der Waals surface area contributed by atoms with Gasteiger partial charge in [0.05, 0.1) is 0 Å². The van der Waals surface area contributed by atoms with Gasteiger partial charge in [-0.15, -0.1) is 0 Å². The van der Waals surface area contributed by atoms with Crippen molar-refractivity contribution >= 4 is 5.91 Å². The summed E-state index contributed by atoms with van der Waals surface area (Å²) in [7, 11) is 0. The third-order valence-electron chi connectivity index (χ3n) is 4.57. The second kappa shape index (κ2) is 6.20. The van der Waals surface area contributed by atoms with Crippen molar-refractivity contribution in [1.82, 2.24) is 10.1 Å². The third kappa shape index (κ3) is 3.47. The SMILES string of the molecule is CC(C)CN(C(=O)c1cc(C2CC2)on1)C1CCCCC1. The summed E-state index contributed by atoms with van der Waals surface area (Å²) in [5.41, 5.74) is 0.503. The summed E-state index contributed by atoms with van der Waals surface area (Å²) in [6.45, 7) is 5.15. The standard InChI is InChI=1S/C17H26N2O2/c1-12(2)11-19(14-6-4-3-5-7-14)17(20)15-10-16(21-18-15)13-8-9-13/h10,12-14H,3-9,11H2,1-2H3. The van der Waals surface area contributed by atoms with Gasteiger partial charge < -0.3 is 9.42 Å². The number of hydrogen-bond acceptors (Lipinski definition) is 3. The lowest BCUT2D eigenvalue weighted by atomic mass is 9.93. The van der Waals surface area contributed by atoms with Crippen molar-refractivity contribution < 1.29 is 9.32 Å². The lowest BCUT2D eigenvalue weighted by Crippen LogP contribution is -2.43. The Morgan fingerprint density at radius 3 is 2.62 bits per heavy atom. The maximum absolute atomic E-state index is 12.8. The van der Waals surface area contributed by atoms with Crippen LogP contribution in [0.25, 0.3) is 0 Å². The van der Waals surface area contributed by atoms with Crippen LogP contribution >= 0.6 is 0 Å². The van der Waals surface area contributed by atoms with E-state index in [0.717, 1.165) is 25.1 Å². The minimum atomic E-state index is 0.0613. The van der Waals surface area contributed by atoms with Gasteiger partial charge in [-0.1, -0.05) is 38.3 Å². The van der Waals surface area contributed by atoms with Gasteiger partial charge in [0.25, 0.3) is 5.91 Å². The molecule has 4 heteroatoms. The molecular weight excluding hydrogens is 264 g/mol. The molecule has 0 radical (unpaired) electrons. The lowest BCUT2D eigenvalue weighted by molar-refractivity contribution is 0.0594. The van der Waals surface area contributed by atoms with Gasteiger partial charge in [0, 0.05) is 24.6 Å². The minimum absolute atomic E-state index is 0.0613. The maximum atomic E-state index is 12.8. The zero-order chi connectivity index (χ0) is 14.8. The Kier molecular flexibility index (Phi) is 4.32. The Morgan fingerprint density at radius 2 is 2.00 bits per heavy atom. The summed E-state index contributed by atoms with van der Waals surface area (Å²) in [6, 6.07) is 2.26. The van der Waals surface area contributed by atoms with Crippen molar-refractivity contribution in [1.29, 1.82) is 0 Å². The molecule has 2 saturated carbocycles. The molecule has 0 unspecified atom stereocenters. The molecule has 0 N–H and O–H groups in total. The van der Waals surface area contributed by atoms with Crippen molar-refractivity contribution in [2.75, 3.05) is 6.54 Å². The predicted octanol–water partition coefficient (Wildman–Crippen LogP) is 3.98. The van der Waals surface area contributed by atoms with Gasteiger partial charge in [-0.2, -0.15) is 0 Å². The topological polar surface area (TPSA) is 46.3 Å². The molecule has 21 heavy (non-hydrogen) atoms. The van der Waals surface area contributed by atoms with Gasteiger partial charge in [0.15, 0.2) is 5.69 Å². The largest absolute Gasteiger partial charge is 0.360 e. The van der Waals surface area contributed by atoms with Gasteiger partial charge in [-0.3, -0.25) is 4.79 Å². The van der Waals surface area contributed by atoms with E-state index in [9.17, 15) is 4.79 Å². The van der Waals surface area contributed by atoms with E-state index in [1.54, 1.807) is 0 Å². The number of hydrogen-bond donors (Lipinski definition) is 0. The van der Waals surface area contributed by atoms with Crippen LogP contribution in [0.15, 0.2) is 10.6 Å². The smallest absolute Gasteiger partial charge is 0.276 e. The van der Waals surface area contributed by atoms with Crippen molar-refractivity contribution in [3.8, 4) is 0 Å². The number of rotatable bonds is 5. The summed E-state index contributed by atoms with van der Waals surface area (Å²) >= 11 is 0. The number of carbonyl (C=O) groups is 1. The van der Waals surface area contributed by atoms with E-state index in [-0.39, 0.29) is 5.91 Å². The van der Waals surface area contributed by atoms with E-state index in [4.69, 9.17) is 4.52 Å². The summed E-state index contributed by atoms with van der Waals surface area (Å²) in [6.07, 6.45) is 8.37. The van der Waals surface area contributed by atoms with Crippen LogP contribution in [-0.4, -0.2) is 28.6 Å². The number of aromatic nitrogens is 1. The minimum Gasteiger partial charge on any atom is -0.360 e. The van der Waals surface area contributed by atoms with Crippen LogP contribution in [0.4, 0.5) is 0 Å². The van der Waals surface area contributed by atoms with Crippen molar-refractivity contribution in [2.45, 2.75) is 70.8 Å². The zero-order valence-electron chi connectivity index (χ0n) is 13.2. The molecule has 0 atom stereocenters. The first kappa shape index (κ1) is 14.6. The molecule has 4 nitrogen and oxygen atoms in total. The molecule has 1 aromatic rings. The Bertz CT molecular complexity index is 485. The van der Waals surface area contributed by atoms with Gasteiger partial charge in [0.2, 0.25) is 0 Å². The molecule has 1 amide bonds. The number of amides is 1. The van der Waals surface area contributed by atoms with Crippen LogP contribution in [-0.2, 0) is 0 Å². The third-order valence-corrected chi connectivity index (χ3v) is 4.57. The van der Waals surface area contributed by atoms with E-state index in [0.29, 0.717) is 23.6 Å². The first-order valence-corrected chi connectivity index (χ1v) is 8.42. The average Bonchev–Trinajstić information content (AvgIpc) is 3.22. The Morgan fingerprint density at radius 1 is 1.29 bits per heavy atom. The molecule has 0 aliphatic heterocycles. The second-order valence-corrected chi connectivity index (χ2v) is 7.03. The molecule has 2 aliphatic carbocycles. The molecule has 3 rings (SSSR count). The Labute approximate surface area is 126 Å². The molecule has 1 heterocycles. The molecule has 0 spiro atoms. The van der Waals surface area contributed by atoms with E-state index < -0.39 is 0 Å². The van der Waals surface area contributed by atoms with Crippen LogP contribution in [0.1, 0.15) is 81.0 Å². The lowest BCUT2D eigenvalue weighted by Gasteiger charge is -2.35. The Balaban J connectivity index is 1.74. The van der Waals surface area contributed by atoms with Crippen LogP contribution in [0.2, 0.25) is 0 Å². The van der Waals surface area contributed by atoms with E-state index in [2.05, 4.69) is 23.9 Å². The summed E-state index contributed by atoms with van der Waals surface area (Å²) in [5.74, 6) is 1.94. The van der Waals surface area contributed by atoms with Crippen molar-refractivity contribution in [3.63, 3.8) is 0 Å². The molecule has 2 fully saturated rings. The van der Waals surface area contributed by atoms with Gasteiger partial charge in [0.1, 0.15) is 5.76 Å². The first-order valence-electron chi connectivity index (χ1n) is 8.42. The molecule has 2 aliphatic rings. The fourth-order valence-electron chi connectivity index (χ4n) is 3.28. The van der Waals surface area contributed by atoms with Crippen molar-refractivity contribution in [3.05, 3.63) is 17.5 Å². The zero-order valence-corrected chi connectivity index (χ0v) is 13.2. The van der Waals surface area contributed by atoms with Gasteiger partial charge >= 0.3 is 0 Å². The maximum Gasteiger partial charge on any atom is 0.276 e. The Hall–Kier alpha value is -1.32. The summed E-state index contributed by atoms with van der Waals surface area (Å²) < 4.78 is 5.35. The van der Waals surface area contributed by atoms with E-state index in [1.807, 2.05) is 6.07 Å². The average molecular weight is 290 g/mol. The van der Waals surface area contributed by atoms with Crippen LogP contribution < -0.4 is 0 Å². The number of nitrogens with zero attached hydrogens (tertiary/aromatic N) is 2. The summed E-state index contributed by atoms with van der Waals surface area (Å²) in [5, 5.41) is 4.03. The molecule has 1 aromatic heterocycles. The van der Waals surface area contributed by atoms with Crippen LogP contribution in [0.5, 0.6) is 0 Å². The summed E-state index contributed by atoms with van der Waals surface area (Å²) in [4.78, 5) is 14.9. The fourth-order valence-corrected chi connectivity index (χ4v) is 3.28. The van der Waals surface area contributed by atoms with E-state index >= 15 is 0 Å². The highest BCUT2D eigenvalue weighted by molar-refractivity contribution is 5.92. The molecule has 116 valence electrons. The van der Waals surface area contributed by atoms with Crippen molar-refractivity contribution in [2.24, 2.45) is 5.92 Å². The van der Waals surface area contributed by atoms with Gasteiger partial charge in [-0.25, -0.2) is 0 Å². The molecule has 0 aromatic carbocycles. The number of carbonyl (C=O) groups excluding carboxylic acids is 1. The highest BCUT2D eigenvalue weighted by atomic mass is 16.5. The monoisotopic (exact) mass is 290 g/mol. The highest BCUT2D eigenvalue weighted by Crippen LogP contribution is 2.40. The predicted molar refractivity (Wildman–Crippen MR) is 81.2 cm³/mol. The second-order valence-electron chi connectivity index (χ2n) is 7.03. The van der Waals surface area contributed by atoms with Gasteiger partial charge in [-0.05, 0) is 31.6 Å². The molecule has 0 saturated heterocycles. The highest BCUT2D eigenvalue weighted by Gasteiger charge is 2.32. The van der Waals surface area contributed by atoms with Crippen LogP contribution in [0.3, 0.4) is 0 Å². The fraction of sp³-hybridized carbons (Fsp3) is 0.765. The quantitative estimate of drug-likeness (QED) is 0.824. The van der Waals surface area contributed by atoms with Crippen LogP contribution in [0, 0.1) is 5.92 Å². The first-order chi connectivity index (χ1) is 10.1. The molecule has 0 bridgehead atoms. The normalized spacial score (nSPS) is 20.0.